The maximum atomic E-state index is 12.9. The van der Waals surface area contributed by atoms with Crippen LogP contribution in [0.2, 0.25) is 5.02 Å². The predicted molar refractivity (Wildman–Crippen MR) is 98.4 cm³/mol. The van der Waals surface area contributed by atoms with Crippen molar-refractivity contribution in [3.8, 4) is 11.4 Å². The quantitative estimate of drug-likeness (QED) is 0.658. The smallest absolute Gasteiger partial charge is 0.322 e. The van der Waals surface area contributed by atoms with Crippen molar-refractivity contribution in [1.29, 1.82) is 0 Å². The van der Waals surface area contributed by atoms with Crippen LogP contribution < -0.4 is 5.32 Å². The van der Waals surface area contributed by atoms with E-state index >= 15 is 0 Å². The Labute approximate surface area is 162 Å². The summed E-state index contributed by atoms with van der Waals surface area (Å²) in [7, 11) is 1.69. The average molecular weight is 408 g/mol. The van der Waals surface area contributed by atoms with Gasteiger partial charge in [0.15, 0.2) is 5.82 Å². The summed E-state index contributed by atoms with van der Waals surface area (Å²) in [4.78, 5) is 12.1. The summed E-state index contributed by atoms with van der Waals surface area (Å²) < 4.78 is 40.2. The molecule has 0 aliphatic rings. The highest BCUT2D eigenvalue weighted by molar-refractivity contribution is 6.31. The minimum Gasteiger partial charge on any atom is -0.322 e. The summed E-state index contributed by atoms with van der Waals surface area (Å²) in [5, 5.41) is 13.4. The van der Waals surface area contributed by atoms with Crippen LogP contribution in [0.1, 0.15) is 11.1 Å². The third-order valence-corrected chi connectivity index (χ3v) is 4.06. The molecule has 0 saturated heterocycles. The van der Waals surface area contributed by atoms with Crippen molar-refractivity contribution in [3.63, 3.8) is 0 Å². The minimum atomic E-state index is -4.57. The normalized spacial score (nSPS) is 11.8. The van der Waals surface area contributed by atoms with Crippen molar-refractivity contribution in [2.45, 2.75) is 6.18 Å². The number of rotatable bonds is 4. The van der Waals surface area contributed by atoms with E-state index in [-0.39, 0.29) is 5.56 Å². The third kappa shape index (κ3) is 4.55. The number of hydrogen-bond acceptors (Lipinski definition) is 4. The van der Waals surface area contributed by atoms with E-state index in [1.807, 2.05) is 0 Å². The van der Waals surface area contributed by atoms with Crippen LogP contribution in [0.25, 0.3) is 17.5 Å². The first-order chi connectivity index (χ1) is 13.2. The Hall–Kier alpha value is -3.20. The van der Waals surface area contributed by atoms with E-state index in [4.69, 9.17) is 11.6 Å². The first kappa shape index (κ1) is 19.6. The van der Waals surface area contributed by atoms with Gasteiger partial charge in [0.1, 0.15) is 0 Å². The van der Waals surface area contributed by atoms with E-state index in [1.54, 1.807) is 31.3 Å². The molecule has 2 aromatic carbocycles. The van der Waals surface area contributed by atoms with Crippen LogP contribution in [0, 0.1) is 0 Å². The number of carbonyl (C=O) groups excluding carboxylic acids is 1. The third-order valence-electron chi connectivity index (χ3n) is 3.73. The average Bonchev–Trinajstić information content (AvgIpc) is 3.06. The van der Waals surface area contributed by atoms with Gasteiger partial charge in [-0.1, -0.05) is 29.8 Å². The van der Waals surface area contributed by atoms with Crippen LogP contribution in [0.4, 0.5) is 18.9 Å². The van der Waals surface area contributed by atoms with Gasteiger partial charge in [-0.05, 0) is 46.3 Å². The summed E-state index contributed by atoms with van der Waals surface area (Å²) in [6.45, 7) is 0. The summed E-state index contributed by atoms with van der Waals surface area (Å²) in [5.74, 6) is 0.0178. The summed E-state index contributed by atoms with van der Waals surface area (Å²) in [6, 6.07) is 10.3. The molecular formula is C18H13ClF3N5O. The standard InChI is InChI=1S/C18H13ClF3N5O/c1-27-17(24-25-26-27)12-3-2-4-13(10-12)23-16(28)8-6-11-5-7-15(19)14(9-11)18(20,21)22/h2-10H,1H3,(H,23,28)/b8-6+. The number of nitrogens with one attached hydrogen (secondary N) is 1. The fourth-order valence-corrected chi connectivity index (χ4v) is 2.65. The topological polar surface area (TPSA) is 72.7 Å². The molecule has 0 bridgehead atoms. The highest BCUT2D eigenvalue weighted by Gasteiger charge is 2.33. The Morgan fingerprint density at radius 2 is 2.00 bits per heavy atom. The van der Waals surface area contributed by atoms with E-state index in [2.05, 4.69) is 20.8 Å². The van der Waals surface area contributed by atoms with Gasteiger partial charge in [-0.25, -0.2) is 4.68 Å². The molecule has 0 aliphatic carbocycles. The Balaban J connectivity index is 1.74. The number of aromatic nitrogens is 4. The lowest BCUT2D eigenvalue weighted by Gasteiger charge is -2.09. The Morgan fingerprint density at radius 1 is 1.21 bits per heavy atom. The van der Waals surface area contributed by atoms with Gasteiger partial charge in [-0.2, -0.15) is 13.2 Å². The van der Waals surface area contributed by atoms with Gasteiger partial charge in [0.2, 0.25) is 5.91 Å². The lowest BCUT2D eigenvalue weighted by molar-refractivity contribution is -0.137. The number of nitrogens with zero attached hydrogens (tertiary/aromatic N) is 4. The lowest BCUT2D eigenvalue weighted by Crippen LogP contribution is -2.08. The number of carbonyl (C=O) groups is 1. The molecule has 3 aromatic rings. The van der Waals surface area contributed by atoms with E-state index < -0.39 is 22.7 Å². The van der Waals surface area contributed by atoms with Gasteiger partial charge in [-0.3, -0.25) is 4.79 Å². The molecule has 3 rings (SSSR count). The van der Waals surface area contributed by atoms with Crippen molar-refractivity contribution in [2.24, 2.45) is 7.05 Å². The molecule has 1 amide bonds. The number of amides is 1. The number of benzene rings is 2. The van der Waals surface area contributed by atoms with Crippen LogP contribution in [0.3, 0.4) is 0 Å². The van der Waals surface area contributed by atoms with Crippen molar-refractivity contribution >= 4 is 29.3 Å². The second-order valence-corrected chi connectivity index (χ2v) is 6.17. The zero-order valence-corrected chi connectivity index (χ0v) is 15.2. The maximum absolute atomic E-state index is 12.9. The second kappa shape index (κ2) is 7.81. The predicted octanol–water partition coefficient (Wildman–Crippen LogP) is 4.20. The number of aryl methyl sites for hydroxylation is 1. The Morgan fingerprint density at radius 3 is 2.68 bits per heavy atom. The lowest BCUT2D eigenvalue weighted by atomic mass is 10.1. The number of alkyl halides is 3. The molecule has 10 heteroatoms. The molecule has 1 aromatic heterocycles. The summed E-state index contributed by atoms with van der Waals surface area (Å²) in [6.07, 6.45) is -2.16. The highest BCUT2D eigenvalue weighted by atomic mass is 35.5. The molecule has 1 heterocycles. The summed E-state index contributed by atoms with van der Waals surface area (Å²) >= 11 is 5.58. The molecule has 6 nitrogen and oxygen atoms in total. The minimum absolute atomic E-state index is 0.200. The first-order valence-electron chi connectivity index (χ1n) is 7.92. The SMILES string of the molecule is Cn1nnnc1-c1cccc(NC(=O)/C=C/c2ccc(Cl)c(C(F)(F)F)c2)c1. The molecule has 0 fully saturated rings. The van der Waals surface area contributed by atoms with E-state index in [9.17, 15) is 18.0 Å². The Kier molecular flexibility index (Phi) is 5.46. The molecule has 0 radical (unpaired) electrons. The van der Waals surface area contributed by atoms with Crippen LogP contribution in [-0.4, -0.2) is 26.1 Å². The van der Waals surface area contributed by atoms with Gasteiger partial charge in [0.05, 0.1) is 10.6 Å². The highest BCUT2D eigenvalue weighted by Crippen LogP contribution is 2.35. The van der Waals surface area contributed by atoms with Gasteiger partial charge >= 0.3 is 6.18 Å². The Bertz CT molecular complexity index is 1050. The maximum Gasteiger partial charge on any atom is 0.417 e. The number of hydrogen-bond donors (Lipinski definition) is 1. The second-order valence-electron chi connectivity index (χ2n) is 5.77. The number of tetrazole rings is 1. The fourth-order valence-electron chi connectivity index (χ4n) is 2.43. The van der Waals surface area contributed by atoms with Crippen molar-refractivity contribution in [3.05, 3.63) is 64.7 Å². The van der Waals surface area contributed by atoms with Crippen molar-refractivity contribution in [1.82, 2.24) is 20.2 Å². The molecule has 0 atom stereocenters. The number of halogens is 4. The molecule has 0 spiro atoms. The van der Waals surface area contributed by atoms with Gasteiger partial charge in [-0.15, -0.1) is 5.10 Å². The van der Waals surface area contributed by atoms with Crippen LogP contribution >= 0.6 is 11.6 Å². The molecule has 144 valence electrons. The molecule has 0 aliphatic heterocycles. The molecule has 1 N–H and O–H groups in total. The molecule has 0 saturated carbocycles. The largest absolute Gasteiger partial charge is 0.417 e. The molecule has 28 heavy (non-hydrogen) atoms. The monoisotopic (exact) mass is 407 g/mol. The van der Waals surface area contributed by atoms with Gasteiger partial charge < -0.3 is 5.32 Å². The first-order valence-corrected chi connectivity index (χ1v) is 8.30. The van der Waals surface area contributed by atoms with Crippen LogP contribution in [0.5, 0.6) is 0 Å². The van der Waals surface area contributed by atoms with E-state index in [1.165, 1.54) is 16.8 Å². The zero-order valence-electron chi connectivity index (χ0n) is 14.4. The fraction of sp³-hybridized carbons (Fsp3) is 0.111. The summed E-state index contributed by atoms with van der Waals surface area (Å²) in [5.41, 5.74) is 0.427. The van der Waals surface area contributed by atoms with E-state index in [0.29, 0.717) is 17.1 Å². The molecular weight excluding hydrogens is 395 g/mol. The van der Waals surface area contributed by atoms with Gasteiger partial charge in [0.25, 0.3) is 0 Å². The van der Waals surface area contributed by atoms with Crippen LogP contribution in [0.15, 0.2) is 48.5 Å². The van der Waals surface area contributed by atoms with E-state index in [0.717, 1.165) is 18.2 Å². The van der Waals surface area contributed by atoms with Gasteiger partial charge in [0, 0.05) is 24.4 Å². The zero-order chi connectivity index (χ0) is 20.3. The number of anilines is 1. The van der Waals surface area contributed by atoms with Crippen LogP contribution in [-0.2, 0) is 18.0 Å². The molecule has 0 unspecified atom stereocenters. The van der Waals surface area contributed by atoms with Crippen molar-refractivity contribution < 1.29 is 18.0 Å². The van der Waals surface area contributed by atoms with Crippen molar-refractivity contribution in [2.75, 3.05) is 5.32 Å².